The first-order chi connectivity index (χ1) is 4.26. The zero-order valence-electron chi connectivity index (χ0n) is 6.42. The molecule has 0 fully saturated rings. The lowest BCUT2D eigenvalue weighted by molar-refractivity contribution is -0.0445. The van der Waals surface area contributed by atoms with Crippen LogP contribution >= 0.6 is 0 Å². The fourth-order valence-corrected chi connectivity index (χ4v) is 0.824. The van der Waals surface area contributed by atoms with E-state index in [1.54, 1.807) is 0 Å². The first kappa shape index (κ1) is 8.88. The van der Waals surface area contributed by atoms with Crippen LogP contribution < -0.4 is 5.90 Å². The highest BCUT2D eigenvalue weighted by atomic mass is 16.6. The van der Waals surface area contributed by atoms with Crippen molar-refractivity contribution in [3.63, 3.8) is 0 Å². The van der Waals surface area contributed by atoms with Gasteiger partial charge in [-0.3, -0.25) is 9.74 Å². The largest absolute Gasteiger partial charge is 0.286 e. The van der Waals surface area contributed by atoms with Crippen LogP contribution in [0.4, 0.5) is 0 Å². The fraction of sp³-hybridized carbons (Fsp3) is 1.00. The topological polar surface area (TPSA) is 38.5 Å². The van der Waals surface area contributed by atoms with Gasteiger partial charge in [-0.1, -0.05) is 13.8 Å². The third-order valence-electron chi connectivity index (χ3n) is 1.52. The highest BCUT2D eigenvalue weighted by molar-refractivity contribution is 4.51. The van der Waals surface area contributed by atoms with Crippen LogP contribution in [0.2, 0.25) is 0 Å². The molecule has 0 amide bonds. The van der Waals surface area contributed by atoms with E-state index in [1.807, 2.05) is 6.92 Å². The number of hydrogen-bond donors (Lipinski definition) is 1. The summed E-state index contributed by atoms with van der Waals surface area (Å²) in [4.78, 5) is 6.74. The molecule has 0 aliphatic heterocycles. The highest BCUT2D eigenvalue weighted by Gasteiger charge is 2.06. The van der Waals surface area contributed by atoms with Gasteiger partial charge in [0.1, 0.15) is 6.23 Å². The maximum atomic E-state index is 4.98. The molecule has 0 bridgehead atoms. The molecule has 0 aromatic rings. The zero-order chi connectivity index (χ0) is 7.28. The lowest BCUT2D eigenvalue weighted by Gasteiger charge is -2.23. The second kappa shape index (κ2) is 4.73. The second-order valence-corrected chi connectivity index (χ2v) is 1.96. The van der Waals surface area contributed by atoms with Crippen molar-refractivity contribution in [3.05, 3.63) is 0 Å². The molecule has 0 heterocycles. The van der Waals surface area contributed by atoms with E-state index in [1.165, 1.54) is 0 Å². The Kier molecular flexibility index (Phi) is 4.67. The minimum Gasteiger partial charge on any atom is -0.286 e. The molecule has 1 atom stereocenters. The minimum atomic E-state index is 0.0417. The molecule has 0 radical (unpaired) electrons. The Morgan fingerprint density at radius 3 is 2.00 bits per heavy atom. The van der Waals surface area contributed by atoms with Gasteiger partial charge in [-0.25, -0.2) is 5.90 Å². The third kappa shape index (κ3) is 2.79. The van der Waals surface area contributed by atoms with Gasteiger partial charge in [0.25, 0.3) is 0 Å². The summed E-state index contributed by atoms with van der Waals surface area (Å²) in [5.41, 5.74) is 0. The van der Waals surface area contributed by atoms with E-state index in [4.69, 9.17) is 5.90 Å². The van der Waals surface area contributed by atoms with Gasteiger partial charge in [0, 0.05) is 0 Å². The summed E-state index contributed by atoms with van der Waals surface area (Å²) in [6, 6.07) is 0. The second-order valence-electron chi connectivity index (χ2n) is 1.96. The molecule has 3 nitrogen and oxygen atoms in total. The normalized spacial score (nSPS) is 14.3. The van der Waals surface area contributed by atoms with Crippen LogP contribution in [0.15, 0.2) is 0 Å². The van der Waals surface area contributed by atoms with Crippen molar-refractivity contribution in [2.45, 2.75) is 27.0 Å². The van der Waals surface area contributed by atoms with Gasteiger partial charge in [0.15, 0.2) is 0 Å². The van der Waals surface area contributed by atoms with E-state index in [-0.39, 0.29) is 6.23 Å². The van der Waals surface area contributed by atoms with E-state index in [9.17, 15) is 0 Å². The molecule has 0 aliphatic carbocycles. The van der Waals surface area contributed by atoms with E-state index in [0.717, 1.165) is 13.1 Å². The van der Waals surface area contributed by atoms with Gasteiger partial charge in [0.05, 0.1) is 0 Å². The van der Waals surface area contributed by atoms with Crippen molar-refractivity contribution in [2.75, 3.05) is 13.1 Å². The van der Waals surface area contributed by atoms with Crippen molar-refractivity contribution in [2.24, 2.45) is 5.90 Å². The molecular formula is C6H16N2O. The molecule has 0 rings (SSSR count). The molecule has 3 heteroatoms. The van der Waals surface area contributed by atoms with E-state index in [2.05, 4.69) is 23.6 Å². The molecule has 0 aliphatic rings. The summed E-state index contributed by atoms with van der Waals surface area (Å²) < 4.78 is 0. The maximum absolute atomic E-state index is 4.98. The number of hydrogen-bond acceptors (Lipinski definition) is 3. The Balaban J connectivity index is 3.50. The van der Waals surface area contributed by atoms with Gasteiger partial charge >= 0.3 is 0 Å². The molecular weight excluding hydrogens is 116 g/mol. The quantitative estimate of drug-likeness (QED) is 0.449. The number of nitrogens with zero attached hydrogens (tertiary/aromatic N) is 1. The summed E-state index contributed by atoms with van der Waals surface area (Å²) >= 11 is 0. The molecule has 9 heavy (non-hydrogen) atoms. The maximum Gasteiger partial charge on any atom is 0.128 e. The monoisotopic (exact) mass is 132 g/mol. The smallest absolute Gasteiger partial charge is 0.128 e. The Hall–Kier alpha value is -0.120. The number of nitrogens with two attached hydrogens (primary N) is 1. The van der Waals surface area contributed by atoms with Crippen molar-refractivity contribution in [3.8, 4) is 0 Å². The third-order valence-corrected chi connectivity index (χ3v) is 1.52. The van der Waals surface area contributed by atoms with Crippen LogP contribution in [-0.4, -0.2) is 24.2 Å². The Bertz CT molecular complexity index is 64.1. The molecule has 2 N–H and O–H groups in total. The van der Waals surface area contributed by atoms with Crippen LogP contribution in [0.25, 0.3) is 0 Å². The lowest BCUT2D eigenvalue weighted by Crippen LogP contribution is -2.36. The highest BCUT2D eigenvalue weighted by Crippen LogP contribution is 1.95. The van der Waals surface area contributed by atoms with Gasteiger partial charge < -0.3 is 0 Å². The van der Waals surface area contributed by atoms with E-state index < -0.39 is 0 Å². The van der Waals surface area contributed by atoms with Crippen molar-refractivity contribution in [1.82, 2.24) is 4.90 Å². The summed E-state index contributed by atoms with van der Waals surface area (Å²) in [7, 11) is 0. The number of rotatable bonds is 4. The van der Waals surface area contributed by atoms with Crippen LogP contribution in [-0.2, 0) is 4.84 Å². The fourth-order valence-electron chi connectivity index (χ4n) is 0.824. The van der Waals surface area contributed by atoms with Crippen LogP contribution in [0.5, 0.6) is 0 Å². The van der Waals surface area contributed by atoms with Crippen LogP contribution in [0, 0.1) is 0 Å². The van der Waals surface area contributed by atoms with Crippen LogP contribution in [0.3, 0.4) is 0 Å². The summed E-state index contributed by atoms with van der Waals surface area (Å²) in [6.45, 7) is 8.06. The van der Waals surface area contributed by atoms with Crippen molar-refractivity contribution < 1.29 is 4.84 Å². The van der Waals surface area contributed by atoms with Crippen molar-refractivity contribution >= 4 is 0 Å². The Morgan fingerprint density at radius 2 is 1.89 bits per heavy atom. The summed E-state index contributed by atoms with van der Waals surface area (Å²) in [5.74, 6) is 4.98. The molecule has 1 unspecified atom stereocenters. The molecule has 56 valence electrons. The molecule has 0 aromatic heterocycles. The first-order valence-corrected chi connectivity index (χ1v) is 3.35. The zero-order valence-corrected chi connectivity index (χ0v) is 6.42. The lowest BCUT2D eigenvalue weighted by atomic mass is 10.5. The summed E-state index contributed by atoms with van der Waals surface area (Å²) in [5, 5.41) is 0. The SMILES string of the molecule is CCN(CC)C(C)ON. The molecule has 0 aromatic carbocycles. The molecule has 0 spiro atoms. The van der Waals surface area contributed by atoms with Gasteiger partial charge in [0.2, 0.25) is 0 Å². The Morgan fingerprint density at radius 1 is 1.44 bits per heavy atom. The summed E-state index contributed by atoms with van der Waals surface area (Å²) in [6.07, 6.45) is 0.0417. The molecule has 0 saturated heterocycles. The Labute approximate surface area is 56.7 Å². The van der Waals surface area contributed by atoms with Gasteiger partial charge in [-0.2, -0.15) is 0 Å². The average molecular weight is 132 g/mol. The standard InChI is InChI=1S/C6H16N2O/c1-4-8(5-2)6(3)9-7/h6H,4-5,7H2,1-3H3. The van der Waals surface area contributed by atoms with Gasteiger partial charge in [-0.05, 0) is 20.0 Å². The van der Waals surface area contributed by atoms with E-state index in [0.29, 0.717) is 0 Å². The van der Waals surface area contributed by atoms with Crippen molar-refractivity contribution in [1.29, 1.82) is 0 Å². The predicted molar refractivity (Wildman–Crippen MR) is 37.7 cm³/mol. The van der Waals surface area contributed by atoms with Crippen LogP contribution in [0.1, 0.15) is 20.8 Å². The predicted octanol–water partition coefficient (Wildman–Crippen LogP) is 0.564. The molecule has 0 saturated carbocycles. The van der Waals surface area contributed by atoms with Gasteiger partial charge in [-0.15, -0.1) is 0 Å². The first-order valence-electron chi connectivity index (χ1n) is 3.35. The average Bonchev–Trinajstić information content (AvgIpc) is 1.90. The van der Waals surface area contributed by atoms with E-state index >= 15 is 0 Å². The minimum absolute atomic E-state index is 0.0417.